The van der Waals surface area contributed by atoms with Crippen LogP contribution < -0.4 is 5.32 Å². The van der Waals surface area contributed by atoms with Crippen LogP contribution in [0.1, 0.15) is 44.9 Å². The molecule has 0 aliphatic heterocycles. The molecule has 1 aromatic carbocycles. The van der Waals surface area contributed by atoms with Crippen LogP contribution in [0.5, 0.6) is 0 Å². The van der Waals surface area contributed by atoms with Crippen molar-refractivity contribution in [3.8, 4) is 0 Å². The molecule has 104 valence electrons. The molecule has 0 saturated heterocycles. The van der Waals surface area contributed by atoms with Gasteiger partial charge in [0.2, 0.25) is 5.91 Å². The summed E-state index contributed by atoms with van der Waals surface area (Å²) in [6.07, 6.45) is 8.22. The van der Waals surface area contributed by atoms with E-state index >= 15 is 0 Å². The molecule has 1 saturated carbocycles. The molecule has 0 aromatic heterocycles. The second-order valence-corrected chi connectivity index (χ2v) is 6.51. The van der Waals surface area contributed by atoms with E-state index < -0.39 is 0 Å². The summed E-state index contributed by atoms with van der Waals surface area (Å²) in [5.41, 5.74) is 0.790. The zero-order valence-electron chi connectivity index (χ0n) is 10.9. The van der Waals surface area contributed by atoms with Crippen molar-refractivity contribution in [2.75, 3.05) is 5.32 Å². The van der Waals surface area contributed by atoms with Crippen molar-refractivity contribution in [2.24, 2.45) is 5.92 Å². The molecule has 1 aromatic rings. The number of rotatable bonds is 4. The summed E-state index contributed by atoms with van der Waals surface area (Å²) in [7, 11) is 0. The van der Waals surface area contributed by atoms with E-state index in [2.05, 4.69) is 21.2 Å². The molecule has 2 nitrogen and oxygen atoms in total. The second kappa shape index (κ2) is 7.30. The van der Waals surface area contributed by atoms with E-state index in [1.54, 1.807) is 12.1 Å². The topological polar surface area (TPSA) is 29.1 Å². The highest BCUT2D eigenvalue weighted by molar-refractivity contribution is 9.10. The Morgan fingerprint density at radius 3 is 2.74 bits per heavy atom. The molecular formula is C15H19BrClNO. The molecule has 1 amide bonds. The highest BCUT2D eigenvalue weighted by Gasteiger charge is 2.15. The Kier molecular flexibility index (Phi) is 5.71. The number of amides is 1. The zero-order chi connectivity index (χ0) is 13.7. The first-order valence-electron chi connectivity index (χ1n) is 6.90. The fourth-order valence-corrected chi connectivity index (χ4v) is 3.40. The summed E-state index contributed by atoms with van der Waals surface area (Å²) in [5, 5.41) is 3.59. The highest BCUT2D eigenvalue weighted by atomic mass is 79.9. The molecule has 0 unspecified atom stereocenters. The lowest BCUT2D eigenvalue weighted by molar-refractivity contribution is -0.116. The number of nitrogens with one attached hydrogen (secondary N) is 1. The summed E-state index contributed by atoms with van der Waals surface area (Å²) < 4.78 is 0.825. The van der Waals surface area contributed by atoms with Gasteiger partial charge in [-0.1, -0.05) is 43.7 Å². The van der Waals surface area contributed by atoms with Gasteiger partial charge in [-0.25, -0.2) is 0 Å². The van der Waals surface area contributed by atoms with Crippen LogP contribution in [-0.4, -0.2) is 5.91 Å². The van der Waals surface area contributed by atoms with Crippen molar-refractivity contribution in [2.45, 2.75) is 44.9 Å². The molecule has 1 aliphatic rings. The lowest BCUT2D eigenvalue weighted by atomic mass is 9.86. The van der Waals surface area contributed by atoms with Gasteiger partial charge in [0.05, 0.1) is 5.69 Å². The molecule has 0 spiro atoms. The van der Waals surface area contributed by atoms with Crippen LogP contribution in [0.4, 0.5) is 5.69 Å². The number of carbonyl (C=O) groups is 1. The third kappa shape index (κ3) is 4.81. The first-order valence-corrected chi connectivity index (χ1v) is 8.07. The standard InChI is InChI=1S/C15H19BrClNO/c16-13-10-12(17)7-8-14(13)18-15(19)9-6-11-4-2-1-3-5-11/h7-8,10-11H,1-6,9H2,(H,18,19). The quantitative estimate of drug-likeness (QED) is 0.778. The third-order valence-electron chi connectivity index (χ3n) is 3.71. The predicted octanol–water partition coefficient (Wildman–Crippen LogP) is 5.40. The van der Waals surface area contributed by atoms with E-state index in [0.717, 1.165) is 22.5 Å². The van der Waals surface area contributed by atoms with Gasteiger partial charge in [0.1, 0.15) is 0 Å². The molecule has 4 heteroatoms. The van der Waals surface area contributed by atoms with Crippen molar-refractivity contribution in [3.05, 3.63) is 27.7 Å². The molecule has 1 N–H and O–H groups in total. The smallest absolute Gasteiger partial charge is 0.224 e. The maximum Gasteiger partial charge on any atom is 0.224 e. The number of hydrogen-bond donors (Lipinski definition) is 1. The van der Waals surface area contributed by atoms with E-state index in [-0.39, 0.29) is 5.91 Å². The van der Waals surface area contributed by atoms with E-state index in [0.29, 0.717) is 11.4 Å². The Balaban J connectivity index is 1.80. The summed E-state index contributed by atoms with van der Waals surface area (Å²) in [4.78, 5) is 11.9. The van der Waals surface area contributed by atoms with E-state index in [1.165, 1.54) is 32.1 Å². The molecular weight excluding hydrogens is 326 g/mol. The first-order chi connectivity index (χ1) is 9.15. The number of benzene rings is 1. The molecule has 1 aliphatic carbocycles. The molecule has 1 fully saturated rings. The van der Waals surface area contributed by atoms with Crippen LogP contribution >= 0.6 is 27.5 Å². The minimum absolute atomic E-state index is 0.0913. The van der Waals surface area contributed by atoms with Crippen molar-refractivity contribution in [1.29, 1.82) is 0 Å². The van der Waals surface area contributed by atoms with Gasteiger partial charge in [-0.3, -0.25) is 4.79 Å². The average Bonchev–Trinajstić information content (AvgIpc) is 2.41. The fourth-order valence-electron chi connectivity index (χ4n) is 2.61. The summed E-state index contributed by atoms with van der Waals surface area (Å²) in [6, 6.07) is 5.40. The summed E-state index contributed by atoms with van der Waals surface area (Å²) in [5.74, 6) is 0.835. The van der Waals surface area contributed by atoms with Crippen molar-refractivity contribution in [1.82, 2.24) is 0 Å². The third-order valence-corrected chi connectivity index (χ3v) is 4.60. The Morgan fingerprint density at radius 1 is 1.32 bits per heavy atom. The maximum absolute atomic E-state index is 11.9. The van der Waals surface area contributed by atoms with E-state index in [4.69, 9.17) is 11.6 Å². The number of halogens is 2. The van der Waals surface area contributed by atoms with Crippen molar-refractivity contribution in [3.63, 3.8) is 0 Å². The Morgan fingerprint density at radius 2 is 2.05 bits per heavy atom. The molecule has 0 radical (unpaired) electrons. The van der Waals surface area contributed by atoms with Crippen LogP contribution in [0.2, 0.25) is 5.02 Å². The van der Waals surface area contributed by atoms with Gasteiger partial charge in [0.25, 0.3) is 0 Å². The molecule has 2 rings (SSSR count). The largest absolute Gasteiger partial charge is 0.325 e. The minimum atomic E-state index is 0.0913. The number of anilines is 1. The zero-order valence-corrected chi connectivity index (χ0v) is 13.3. The van der Waals surface area contributed by atoms with Gasteiger partial charge >= 0.3 is 0 Å². The van der Waals surface area contributed by atoms with Gasteiger partial charge in [-0.05, 0) is 46.5 Å². The van der Waals surface area contributed by atoms with Gasteiger partial charge in [-0.15, -0.1) is 0 Å². The van der Waals surface area contributed by atoms with E-state index in [1.807, 2.05) is 6.07 Å². The minimum Gasteiger partial charge on any atom is -0.325 e. The predicted molar refractivity (Wildman–Crippen MR) is 83.6 cm³/mol. The molecule has 0 atom stereocenters. The molecule has 0 bridgehead atoms. The van der Waals surface area contributed by atoms with Gasteiger partial charge < -0.3 is 5.32 Å². The van der Waals surface area contributed by atoms with Crippen LogP contribution in [0, 0.1) is 5.92 Å². The van der Waals surface area contributed by atoms with Gasteiger partial charge in [0.15, 0.2) is 0 Å². The monoisotopic (exact) mass is 343 g/mol. The Bertz CT molecular complexity index is 444. The molecule has 0 heterocycles. The average molecular weight is 345 g/mol. The highest BCUT2D eigenvalue weighted by Crippen LogP contribution is 2.28. The van der Waals surface area contributed by atoms with Crippen LogP contribution in [0.15, 0.2) is 22.7 Å². The second-order valence-electron chi connectivity index (χ2n) is 5.22. The Labute approximate surface area is 128 Å². The van der Waals surface area contributed by atoms with Crippen molar-refractivity contribution < 1.29 is 4.79 Å². The lowest BCUT2D eigenvalue weighted by Gasteiger charge is -2.21. The fraction of sp³-hybridized carbons (Fsp3) is 0.533. The Hall–Kier alpha value is -0.540. The summed E-state index contributed by atoms with van der Waals surface area (Å²) in [6.45, 7) is 0. The van der Waals surface area contributed by atoms with Crippen LogP contribution in [0.25, 0.3) is 0 Å². The lowest BCUT2D eigenvalue weighted by Crippen LogP contribution is -2.15. The molecule has 19 heavy (non-hydrogen) atoms. The van der Waals surface area contributed by atoms with Gasteiger partial charge in [0, 0.05) is 15.9 Å². The summed E-state index contributed by atoms with van der Waals surface area (Å²) >= 11 is 9.28. The van der Waals surface area contributed by atoms with Crippen molar-refractivity contribution >= 4 is 39.1 Å². The van der Waals surface area contributed by atoms with Crippen LogP contribution in [0.3, 0.4) is 0 Å². The first kappa shape index (κ1) is 14.9. The SMILES string of the molecule is O=C(CCC1CCCCC1)Nc1ccc(Cl)cc1Br. The van der Waals surface area contributed by atoms with E-state index in [9.17, 15) is 4.79 Å². The normalized spacial score (nSPS) is 16.3. The number of carbonyl (C=O) groups excluding carboxylic acids is 1. The van der Waals surface area contributed by atoms with Crippen LogP contribution in [-0.2, 0) is 4.79 Å². The number of hydrogen-bond acceptors (Lipinski definition) is 1. The van der Waals surface area contributed by atoms with Gasteiger partial charge in [-0.2, -0.15) is 0 Å². The maximum atomic E-state index is 11.9.